The van der Waals surface area contributed by atoms with Crippen LogP contribution in [-0.2, 0) is 4.74 Å². The molecule has 0 saturated carbocycles. The summed E-state index contributed by atoms with van der Waals surface area (Å²) in [5.41, 5.74) is 2.30. The van der Waals surface area contributed by atoms with Gasteiger partial charge in [-0.1, -0.05) is 29.8 Å². The van der Waals surface area contributed by atoms with Crippen molar-refractivity contribution in [2.24, 2.45) is 5.41 Å². The van der Waals surface area contributed by atoms with Gasteiger partial charge in [-0.15, -0.1) is 0 Å². The maximum Gasteiger partial charge on any atom is 0.273 e. The van der Waals surface area contributed by atoms with Gasteiger partial charge < -0.3 is 19.8 Å². The highest BCUT2D eigenvalue weighted by Crippen LogP contribution is 2.29. The van der Waals surface area contributed by atoms with Crippen molar-refractivity contribution in [2.75, 3.05) is 33.4 Å². The molecule has 0 bridgehead atoms. The molecule has 0 aliphatic carbocycles. The normalized spacial score (nSPS) is 16.6. The molecule has 2 N–H and O–H groups in total. The molecule has 1 amide bonds. The maximum absolute atomic E-state index is 12.7. The number of carbonyl (C=O) groups excluding carboxylic acids is 1. The number of rotatable bonds is 6. The summed E-state index contributed by atoms with van der Waals surface area (Å²) in [5, 5.41) is 6.39. The lowest BCUT2D eigenvalue weighted by molar-refractivity contribution is 0.0511. The Hall–Kier alpha value is -2.18. The Labute approximate surface area is 148 Å². The molecule has 2 aromatic rings. The van der Waals surface area contributed by atoms with Gasteiger partial charge in [-0.25, -0.2) is 4.98 Å². The number of oxazole rings is 1. The molecular weight excluding hydrogens is 318 g/mol. The van der Waals surface area contributed by atoms with E-state index in [0.717, 1.165) is 37.1 Å². The summed E-state index contributed by atoms with van der Waals surface area (Å²) in [6, 6.07) is 7.85. The molecule has 0 unspecified atom stereocenters. The SMILES string of the molecule is COCC1(CNC(=O)c2ncoc2-c2ccc(C)cc2)CCNCC1. The van der Waals surface area contributed by atoms with Gasteiger partial charge in [-0.05, 0) is 32.9 Å². The van der Waals surface area contributed by atoms with Crippen LogP contribution in [0.2, 0.25) is 0 Å². The highest BCUT2D eigenvalue weighted by Gasteiger charge is 2.33. The van der Waals surface area contributed by atoms with Crippen LogP contribution < -0.4 is 10.6 Å². The molecule has 0 radical (unpaired) electrons. The number of aryl methyl sites for hydroxylation is 1. The number of nitrogens with one attached hydrogen (secondary N) is 2. The van der Waals surface area contributed by atoms with Crippen LogP contribution in [0, 0.1) is 12.3 Å². The predicted molar refractivity (Wildman–Crippen MR) is 95.4 cm³/mol. The average molecular weight is 343 g/mol. The van der Waals surface area contributed by atoms with Crippen molar-refractivity contribution in [3.8, 4) is 11.3 Å². The van der Waals surface area contributed by atoms with Crippen molar-refractivity contribution in [3.63, 3.8) is 0 Å². The van der Waals surface area contributed by atoms with Crippen LogP contribution in [0.25, 0.3) is 11.3 Å². The minimum Gasteiger partial charge on any atom is -0.443 e. The number of benzene rings is 1. The second kappa shape index (κ2) is 7.80. The molecule has 0 spiro atoms. The fraction of sp³-hybridized carbons (Fsp3) is 0.474. The average Bonchev–Trinajstić information content (AvgIpc) is 3.11. The van der Waals surface area contributed by atoms with E-state index in [9.17, 15) is 4.79 Å². The van der Waals surface area contributed by atoms with E-state index < -0.39 is 0 Å². The van der Waals surface area contributed by atoms with E-state index in [0.29, 0.717) is 24.6 Å². The van der Waals surface area contributed by atoms with Gasteiger partial charge in [0.05, 0.1) is 6.61 Å². The van der Waals surface area contributed by atoms with Gasteiger partial charge in [0, 0.05) is 24.6 Å². The molecule has 1 aliphatic heterocycles. The molecule has 6 nitrogen and oxygen atoms in total. The summed E-state index contributed by atoms with van der Waals surface area (Å²) in [5.74, 6) is 0.293. The summed E-state index contributed by atoms with van der Waals surface area (Å²) < 4.78 is 10.9. The number of methoxy groups -OCH3 is 1. The molecule has 25 heavy (non-hydrogen) atoms. The van der Waals surface area contributed by atoms with E-state index in [4.69, 9.17) is 9.15 Å². The zero-order chi connectivity index (χ0) is 17.7. The van der Waals surface area contributed by atoms with Crippen LogP contribution in [0.3, 0.4) is 0 Å². The molecule has 1 aliphatic rings. The molecule has 1 aromatic heterocycles. The Balaban J connectivity index is 1.71. The predicted octanol–water partition coefficient (Wildman–Crippen LogP) is 2.40. The van der Waals surface area contributed by atoms with Gasteiger partial charge in [0.1, 0.15) is 0 Å². The van der Waals surface area contributed by atoms with Crippen LogP contribution in [0.1, 0.15) is 28.9 Å². The van der Waals surface area contributed by atoms with E-state index >= 15 is 0 Å². The highest BCUT2D eigenvalue weighted by molar-refractivity contribution is 5.97. The van der Waals surface area contributed by atoms with Gasteiger partial charge in [0.2, 0.25) is 0 Å². The van der Waals surface area contributed by atoms with Crippen LogP contribution in [0.15, 0.2) is 35.1 Å². The van der Waals surface area contributed by atoms with Crippen molar-refractivity contribution >= 4 is 5.91 Å². The standard InChI is InChI=1S/C19H25N3O3/c1-14-3-5-15(6-4-14)17-16(22-13-25-17)18(23)21-11-19(12-24-2)7-9-20-10-8-19/h3-6,13,20H,7-12H2,1-2H3,(H,21,23). The highest BCUT2D eigenvalue weighted by atomic mass is 16.5. The van der Waals surface area contributed by atoms with Crippen molar-refractivity contribution in [1.82, 2.24) is 15.6 Å². The van der Waals surface area contributed by atoms with Crippen molar-refractivity contribution in [2.45, 2.75) is 19.8 Å². The molecular formula is C19H25N3O3. The molecule has 1 fully saturated rings. The number of nitrogens with zero attached hydrogens (tertiary/aromatic N) is 1. The smallest absolute Gasteiger partial charge is 0.273 e. The van der Waals surface area contributed by atoms with Gasteiger partial charge in [-0.3, -0.25) is 4.79 Å². The first-order chi connectivity index (χ1) is 12.1. The molecule has 2 heterocycles. The lowest BCUT2D eigenvalue weighted by Crippen LogP contribution is -2.47. The minimum absolute atomic E-state index is 0.0244. The third kappa shape index (κ3) is 4.08. The summed E-state index contributed by atoms with van der Waals surface area (Å²) in [7, 11) is 1.71. The topological polar surface area (TPSA) is 76.4 Å². The zero-order valence-corrected chi connectivity index (χ0v) is 14.8. The fourth-order valence-electron chi connectivity index (χ4n) is 3.30. The second-order valence-corrected chi connectivity index (χ2v) is 6.76. The Morgan fingerprint density at radius 2 is 2.04 bits per heavy atom. The first-order valence-electron chi connectivity index (χ1n) is 8.62. The lowest BCUT2D eigenvalue weighted by Gasteiger charge is -2.37. The van der Waals surface area contributed by atoms with Crippen LogP contribution >= 0.6 is 0 Å². The number of amides is 1. The van der Waals surface area contributed by atoms with Crippen LogP contribution in [-0.4, -0.2) is 44.2 Å². The van der Waals surface area contributed by atoms with E-state index in [1.54, 1.807) is 7.11 Å². The molecule has 6 heteroatoms. The first kappa shape index (κ1) is 17.6. The van der Waals surface area contributed by atoms with Gasteiger partial charge >= 0.3 is 0 Å². The zero-order valence-electron chi connectivity index (χ0n) is 14.8. The third-order valence-corrected chi connectivity index (χ3v) is 4.83. The molecule has 134 valence electrons. The van der Waals surface area contributed by atoms with E-state index in [1.165, 1.54) is 6.39 Å². The number of carbonyl (C=O) groups is 1. The Morgan fingerprint density at radius 1 is 1.32 bits per heavy atom. The molecule has 3 rings (SSSR count). The van der Waals surface area contributed by atoms with E-state index in [1.807, 2.05) is 31.2 Å². The van der Waals surface area contributed by atoms with Crippen molar-refractivity contribution in [3.05, 3.63) is 41.9 Å². The number of piperidine rings is 1. The Bertz CT molecular complexity index is 697. The quantitative estimate of drug-likeness (QED) is 0.842. The molecule has 1 saturated heterocycles. The molecule has 0 atom stereocenters. The Kier molecular flexibility index (Phi) is 5.50. The van der Waals surface area contributed by atoms with E-state index in [2.05, 4.69) is 15.6 Å². The van der Waals surface area contributed by atoms with Crippen molar-refractivity contribution in [1.29, 1.82) is 0 Å². The van der Waals surface area contributed by atoms with Gasteiger partial charge in [0.15, 0.2) is 17.8 Å². The largest absolute Gasteiger partial charge is 0.443 e. The van der Waals surface area contributed by atoms with Crippen molar-refractivity contribution < 1.29 is 13.9 Å². The fourth-order valence-corrected chi connectivity index (χ4v) is 3.30. The summed E-state index contributed by atoms with van der Waals surface area (Å²) >= 11 is 0. The minimum atomic E-state index is -0.210. The second-order valence-electron chi connectivity index (χ2n) is 6.76. The van der Waals surface area contributed by atoms with Crippen LogP contribution in [0.5, 0.6) is 0 Å². The third-order valence-electron chi connectivity index (χ3n) is 4.83. The number of hydrogen-bond donors (Lipinski definition) is 2. The number of aromatic nitrogens is 1. The first-order valence-corrected chi connectivity index (χ1v) is 8.62. The monoisotopic (exact) mass is 343 g/mol. The van der Waals surface area contributed by atoms with Crippen LogP contribution in [0.4, 0.5) is 0 Å². The van der Waals surface area contributed by atoms with E-state index in [-0.39, 0.29) is 11.3 Å². The summed E-state index contributed by atoms with van der Waals surface area (Å²) in [4.78, 5) is 16.8. The lowest BCUT2D eigenvalue weighted by atomic mass is 9.79. The Morgan fingerprint density at radius 3 is 2.72 bits per heavy atom. The maximum atomic E-state index is 12.7. The van der Waals surface area contributed by atoms with Gasteiger partial charge in [-0.2, -0.15) is 0 Å². The molecule has 1 aromatic carbocycles. The summed E-state index contributed by atoms with van der Waals surface area (Å²) in [6.45, 7) is 5.11. The van der Waals surface area contributed by atoms with Gasteiger partial charge in [0.25, 0.3) is 5.91 Å². The number of hydrogen-bond acceptors (Lipinski definition) is 5. The summed E-state index contributed by atoms with van der Waals surface area (Å²) in [6.07, 6.45) is 3.27. The number of ether oxygens (including phenoxy) is 1.